The summed E-state index contributed by atoms with van der Waals surface area (Å²) in [6, 6.07) is 2.49. The fraction of sp³-hybridized carbons (Fsp3) is 0.389. The van der Waals surface area contributed by atoms with Gasteiger partial charge in [-0.25, -0.2) is 8.78 Å². The third-order valence-corrected chi connectivity index (χ3v) is 3.24. The van der Waals surface area contributed by atoms with E-state index in [1.165, 1.54) is 32.2 Å². The summed E-state index contributed by atoms with van der Waals surface area (Å²) >= 11 is 0. The number of Topliss-reactive ketones (excluding diaryl/α,β-unsaturated/α-hetero) is 1. The van der Waals surface area contributed by atoms with E-state index in [4.69, 9.17) is 5.73 Å². The molecule has 7 nitrogen and oxygen atoms in total. The Hall–Kier alpha value is -2.97. The predicted molar refractivity (Wildman–Crippen MR) is 99.9 cm³/mol. The third kappa shape index (κ3) is 7.43. The Kier molecular flexibility index (Phi) is 9.12. The van der Waals surface area contributed by atoms with Crippen LogP contribution in [0.4, 0.5) is 20.2 Å². The Morgan fingerprint density at radius 3 is 2.07 bits per heavy atom. The van der Waals surface area contributed by atoms with Crippen molar-refractivity contribution in [2.45, 2.75) is 47.5 Å². The molecule has 0 radical (unpaired) electrons. The van der Waals surface area contributed by atoms with Gasteiger partial charge in [0, 0.05) is 35.5 Å². The summed E-state index contributed by atoms with van der Waals surface area (Å²) in [6.07, 6.45) is 2.51. The van der Waals surface area contributed by atoms with E-state index in [2.05, 4.69) is 9.97 Å². The zero-order chi connectivity index (χ0) is 21.4. The number of aryl methyl sites for hydroxylation is 2. The number of hydrogen-bond acceptors (Lipinski definition) is 6. The molecule has 0 saturated heterocycles. The zero-order valence-corrected chi connectivity index (χ0v) is 16.2. The van der Waals surface area contributed by atoms with Crippen LogP contribution in [0.25, 0.3) is 0 Å². The normalized spacial score (nSPS) is 10.1. The van der Waals surface area contributed by atoms with Crippen molar-refractivity contribution in [3.63, 3.8) is 0 Å². The van der Waals surface area contributed by atoms with E-state index in [9.17, 15) is 23.7 Å². The number of halogens is 2. The van der Waals surface area contributed by atoms with E-state index in [-0.39, 0.29) is 22.7 Å². The minimum absolute atomic E-state index is 0.109. The summed E-state index contributed by atoms with van der Waals surface area (Å²) in [5.41, 5.74) is 6.45. The SMILES string of the molecule is CC.CC(=O)c1cc([N+](=O)[O-])cnc1C.Cc1ncc(N)cc1C(C)(F)F. The minimum Gasteiger partial charge on any atom is -0.397 e. The molecule has 9 heteroatoms. The van der Waals surface area contributed by atoms with E-state index in [0.717, 1.165) is 13.1 Å². The molecular formula is C18H24F2N4O3. The average Bonchev–Trinajstić information content (AvgIpc) is 2.58. The molecule has 0 amide bonds. The molecule has 0 aliphatic rings. The van der Waals surface area contributed by atoms with Gasteiger partial charge in [0.25, 0.3) is 11.6 Å². The Balaban J connectivity index is 0.000000460. The standard InChI is InChI=1S/C8H10F2N2.C8H8N2O3.C2H6/c1-5-7(8(2,9)10)3-6(11)4-12-5;1-5-8(6(2)11)3-7(4-9-5)10(12)13;1-2/h3-4H,11H2,1-2H3;3-4H,1-2H3;1-2H3. The monoisotopic (exact) mass is 382 g/mol. The molecule has 0 unspecified atom stereocenters. The maximum absolute atomic E-state index is 12.8. The molecular weight excluding hydrogens is 358 g/mol. The van der Waals surface area contributed by atoms with Crippen molar-refractivity contribution in [2.75, 3.05) is 5.73 Å². The van der Waals surface area contributed by atoms with Crippen LogP contribution in [0.3, 0.4) is 0 Å². The number of carbonyl (C=O) groups excluding carboxylic acids is 1. The number of nitrogen functional groups attached to an aromatic ring is 1. The molecule has 0 saturated carbocycles. The molecule has 0 spiro atoms. The second-order valence-electron chi connectivity index (χ2n) is 5.43. The van der Waals surface area contributed by atoms with Crippen LogP contribution >= 0.6 is 0 Å². The van der Waals surface area contributed by atoms with Crippen LogP contribution in [0, 0.1) is 24.0 Å². The molecule has 0 aromatic carbocycles. The summed E-state index contributed by atoms with van der Waals surface area (Å²) < 4.78 is 25.6. The lowest BCUT2D eigenvalue weighted by atomic mass is 10.1. The lowest BCUT2D eigenvalue weighted by Gasteiger charge is -2.12. The molecule has 0 aliphatic carbocycles. The summed E-state index contributed by atoms with van der Waals surface area (Å²) in [7, 11) is 0. The van der Waals surface area contributed by atoms with Crippen molar-refractivity contribution in [1.82, 2.24) is 9.97 Å². The largest absolute Gasteiger partial charge is 0.397 e. The molecule has 27 heavy (non-hydrogen) atoms. The highest BCUT2D eigenvalue weighted by Gasteiger charge is 2.27. The number of nitrogens with zero attached hydrogens (tertiary/aromatic N) is 3. The van der Waals surface area contributed by atoms with Gasteiger partial charge in [0.2, 0.25) is 0 Å². The molecule has 2 aromatic heterocycles. The van der Waals surface area contributed by atoms with Crippen molar-refractivity contribution >= 4 is 17.2 Å². The van der Waals surface area contributed by atoms with Crippen molar-refractivity contribution in [2.24, 2.45) is 0 Å². The van der Waals surface area contributed by atoms with Crippen LogP contribution in [0.1, 0.15) is 55.0 Å². The fourth-order valence-electron chi connectivity index (χ4n) is 1.97. The van der Waals surface area contributed by atoms with Gasteiger partial charge >= 0.3 is 0 Å². The Morgan fingerprint density at radius 2 is 1.67 bits per heavy atom. The van der Waals surface area contributed by atoms with Gasteiger partial charge in [0.15, 0.2) is 5.78 Å². The molecule has 2 N–H and O–H groups in total. The predicted octanol–water partition coefficient (Wildman–Crippen LogP) is 4.61. The first kappa shape index (κ1) is 24.0. The van der Waals surface area contributed by atoms with E-state index in [0.29, 0.717) is 17.0 Å². The van der Waals surface area contributed by atoms with Crippen LogP contribution in [0.15, 0.2) is 24.5 Å². The molecule has 2 aromatic rings. The summed E-state index contributed by atoms with van der Waals surface area (Å²) in [4.78, 5) is 28.2. The molecule has 2 rings (SSSR count). The maximum Gasteiger partial charge on any atom is 0.288 e. The zero-order valence-electron chi connectivity index (χ0n) is 16.2. The van der Waals surface area contributed by atoms with Crippen molar-refractivity contribution in [3.05, 3.63) is 57.2 Å². The highest BCUT2D eigenvalue weighted by molar-refractivity contribution is 5.95. The van der Waals surface area contributed by atoms with Gasteiger partial charge in [0.05, 0.1) is 16.8 Å². The van der Waals surface area contributed by atoms with Gasteiger partial charge in [0.1, 0.15) is 6.20 Å². The molecule has 0 fully saturated rings. The van der Waals surface area contributed by atoms with Crippen LogP contribution in [0.5, 0.6) is 0 Å². The number of anilines is 1. The average molecular weight is 382 g/mol. The number of rotatable bonds is 3. The first-order valence-electron chi connectivity index (χ1n) is 8.16. The Morgan fingerprint density at radius 1 is 1.15 bits per heavy atom. The van der Waals surface area contributed by atoms with Gasteiger partial charge < -0.3 is 5.73 Å². The number of ketones is 1. The Labute approximate surface area is 156 Å². The number of hydrogen-bond donors (Lipinski definition) is 1. The molecule has 0 aliphatic heterocycles. The quantitative estimate of drug-likeness (QED) is 0.471. The summed E-state index contributed by atoms with van der Waals surface area (Å²) in [5.74, 6) is -3.08. The Bertz CT molecular complexity index is 806. The van der Waals surface area contributed by atoms with Crippen LogP contribution in [-0.4, -0.2) is 20.7 Å². The number of pyridine rings is 2. The van der Waals surface area contributed by atoms with Crippen molar-refractivity contribution in [3.8, 4) is 0 Å². The van der Waals surface area contributed by atoms with Gasteiger partial charge in [-0.2, -0.15) is 0 Å². The third-order valence-electron chi connectivity index (χ3n) is 3.24. The van der Waals surface area contributed by atoms with Crippen molar-refractivity contribution < 1.29 is 18.5 Å². The van der Waals surface area contributed by atoms with Gasteiger partial charge in [-0.05, 0) is 26.8 Å². The van der Waals surface area contributed by atoms with Crippen LogP contribution in [-0.2, 0) is 5.92 Å². The van der Waals surface area contributed by atoms with Gasteiger partial charge in [-0.1, -0.05) is 13.8 Å². The highest BCUT2D eigenvalue weighted by atomic mass is 19.3. The molecule has 148 valence electrons. The molecule has 0 atom stereocenters. The topological polar surface area (TPSA) is 112 Å². The van der Waals surface area contributed by atoms with E-state index < -0.39 is 10.8 Å². The lowest BCUT2D eigenvalue weighted by Crippen LogP contribution is -2.11. The minimum atomic E-state index is -2.87. The van der Waals surface area contributed by atoms with E-state index >= 15 is 0 Å². The van der Waals surface area contributed by atoms with E-state index in [1.54, 1.807) is 6.92 Å². The number of nitro groups is 1. The summed E-state index contributed by atoms with van der Waals surface area (Å²) in [5, 5.41) is 10.3. The van der Waals surface area contributed by atoms with Crippen molar-refractivity contribution in [1.29, 1.82) is 0 Å². The lowest BCUT2D eigenvalue weighted by molar-refractivity contribution is -0.385. The second kappa shape index (κ2) is 10.2. The van der Waals surface area contributed by atoms with Crippen LogP contribution < -0.4 is 5.73 Å². The smallest absolute Gasteiger partial charge is 0.288 e. The number of aromatic nitrogens is 2. The summed E-state index contributed by atoms with van der Waals surface area (Å²) in [6.45, 7) is 9.36. The maximum atomic E-state index is 12.8. The second-order valence-corrected chi connectivity index (χ2v) is 5.43. The van der Waals surface area contributed by atoms with Crippen LogP contribution in [0.2, 0.25) is 0 Å². The van der Waals surface area contributed by atoms with E-state index in [1.807, 2.05) is 13.8 Å². The molecule has 0 bridgehead atoms. The highest BCUT2D eigenvalue weighted by Crippen LogP contribution is 2.29. The van der Waals surface area contributed by atoms with Gasteiger partial charge in [-0.3, -0.25) is 24.9 Å². The number of alkyl halides is 2. The molecule has 2 heterocycles. The fourth-order valence-corrected chi connectivity index (χ4v) is 1.97. The van der Waals surface area contributed by atoms with Gasteiger partial charge in [-0.15, -0.1) is 0 Å². The number of nitrogens with two attached hydrogens (primary N) is 1. The first-order valence-corrected chi connectivity index (χ1v) is 8.16. The number of carbonyl (C=O) groups is 1. The first-order chi connectivity index (χ1) is 12.4.